The molecule has 0 spiro atoms. The Hall–Kier alpha value is -0.0731. The zero-order chi connectivity index (χ0) is 25.8. The van der Waals surface area contributed by atoms with Gasteiger partial charge in [-0.2, -0.15) is 0 Å². The summed E-state index contributed by atoms with van der Waals surface area (Å²) in [5.74, 6) is 0. The van der Waals surface area contributed by atoms with Gasteiger partial charge in [-0.05, 0) is 33.6 Å². The van der Waals surface area contributed by atoms with Crippen molar-refractivity contribution in [3.63, 3.8) is 0 Å². The van der Waals surface area contributed by atoms with E-state index in [2.05, 4.69) is 27.7 Å². The van der Waals surface area contributed by atoms with Crippen molar-refractivity contribution in [3.05, 3.63) is 0 Å². The van der Waals surface area contributed by atoms with Gasteiger partial charge in [0.2, 0.25) is 10.4 Å². The van der Waals surface area contributed by atoms with Gasteiger partial charge in [-0.15, -0.1) is 0 Å². The van der Waals surface area contributed by atoms with Gasteiger partial charge in [-0.25, -0.2) is 8.42 Å². The lowest BCUT2D eigenvalue weighted by Crippen LogP contribution is -2.53. The largest absolute Gasteiger partial charge is 0.726 e. The van der Waals surface area contributed by atoms with Crippen molar-refractivity contribution in [2.45, 2.75) is 111 Å². The van der Waals surface area contributed by atoms with Crippen molar-refractivity contribution >= 4 is 19.2 Å². The molecule has 0 aliphatic carbocycles. The minimum atomic E-state index is -4.92. The van der Waals surface area contributed by atoms with Gasteiger partial charge in [-0.1, -0.05) is 58.3 Å². The van der Waals surface area contributed by atoms with Crippen LogP contribution in [0.2, 0.25) is 6.04 Å². The van der Waals surface area contributed by atoms with E-state index in [1.165, 1.54) is 108 Å². The highest BCUT2D eigenvalue weighted by Crippen LogP contribution is 2.26. The van der Waals surface area contributed by atoms with E-state index in [9.17, 15) is 0 Å². The number of rotatable bonds is 20. The fourth-order valence-electron chi connectivity index (χ4n) is 4.88. The molecular formula is C24H53NO7SSi. The van der Waals surface area contributed by atoms with Crippen molar-refractivity contribution in [3.8, 4) is 0 Å². The van der Waals surface area contributed by atoms with Crippen LogP contribution in [0.25, 0.3) is 0 Å². The average molecular weight is 528 g/mol. The molecule has 0 amide bonds. The summed E-state index contributed by atoms with van der Waals surface area (Å²) in [5, 5.41) is 0. The molecule has 206 valence electrons. The van der Waals surface area contributed by atoms with E-state index < -0.39 is 19.2 Å². The fourth-order valence-corrected chi connectivity index (χ4v) is 7.63. The molecule has 0 aromatic heterocycles. The molecular weight excluding hydrogens is 474 g/mol. The summed E-state index contributed by atoms with van der Waals surface area (Å²) in [6.45, 7) is 15.7. The number of unbranched alkanes of at least 4 members (excludes halogenated alkanes) is 9. The van der Waals surface area contributed by atoms with Crippen molar-refractivity contribution in [1.29, 1.82) is 0 Å². The van der Waals surface area contributed by atoms with Crippen LogP contribution in [0.1, 0.15) is 105 Å². The molecule has 8 nitrogen and oxygen atoms in total. The molecule has 1 N–H and O–H groups in total. The van der Waals surface area contributed by atoms with Crippen LogP contribution in [-0.2, 0) is 23.7 Å². The van der Waals surface area contributed by atoms with E-state index in [4.69, 9.17) is 30.8 Å². The average Bonchev–Trinajstić information content (AvgIpc) is 3.22. The van der Waals surface area contributed by atoms with Crippen molar-refractivity contribution in [2.75, 3.05) is 46.0 Å². The summed E-state index contributed by atoms with van der Waals surface area (Å²) in [6, 6.07) is 0.972. The molecule has 1 fully saturated rings. The highest BCUT2D eigenvalue weighted by Gasteiger charge is 2.44. The van der Waals surface area contributed by atoms with Gasteiger partial charge < -0.3 is 22.3 Å². The molecule has 0 saturated carbocycles. The Balaban J connectivity index is 0.00000196. The van der Waals surface area contributed by atoms with E-state index in [1.54, 1.807) is 0 Å². The SMILES string of the molecule is CCCCCCCCCCCC[N+]1(CC[Si](OCC)(OCC)OCC)CCCC1.O=S(=O)([O-])O. The minimum absolute atomic E-state index is 0.685. The van der Waals surface area contributed by atoms with Crippen LogP contribution >= 0.6 is 0 Å². The zero-order valence-electron chi connectivity index (χ0n) is 22.4. The van der Waals surface area contributed by atoms with Crippen LogP contribution in [0.15, 0.2) is 0 Å². The second kappa shape index (κ2) is 20.0. The molecule has 1 saturated heterocycles. The maximum atomic E-state index is 8.63. The molecule has 0 aromatic carbocycles. The van der Waals surface area contributed by atoms with Gasteiger partial charge in [0.15, 0.2) is 0 Å². The maximum Gasteiger partial charge on any atom is 0.506 e. The molecule has 0 radical (unpaired) electrons. The molecule has 0 atom stereocenters. The molecule has 0 aromatic rings. The highest BCUT2D eigenvalue weighted by molar-refractivity contribution is 7.79. The molecule has 10 heteroatoms. The number of hydrogen-bond donors (Lipinski definition) is 1. The predicted octanol–water partition coefficient (Wildman–Crippen LogP) is 5.57. The fraction of sp³-hybridized carbons (Fsp3) is 1.00. The van der Waals surface area contributed by atoms with Crippen molar-refractivity contribution < 1.29 is 35.3 Å². The summed E-state index contributed by atoms with van der Waals surface area (Å²) >= 11 is 0. The monoisotopic (exact) mass is 527 g/mol. The number of likely N-dealkylation sites (tertiary alicyclic amines) is 1. The summed E-state index contributed by atoms with van der Waals surface area (Å²) in [7, 11) is -7.42. The quantitative estimate of drug-likeness (QED) is 0.0725. The lowest BCUT2D eigenvalue weighted by Gasteiger charge is -2.37. The van der Waals surface area contributed by atoms with E-state index >= 15 is 0 Å². The Bertz CT molecular complexity index is 547. The Morgan fingerprint density at radius 2 is 1.12 bits per heavy atom. The highest BCUT2D eigenvalue weighted by atomic mass is 32.3. The molecule has 1 aliphatic heterocycles. The van der Waals surface area contributed by atoms with Crippen LogP contribution in [0, 0.1) is 0 Å². The van der Waals surface area contributed by atoms with Gasteiger partial charge in [-0.3, -0.25) is 4.55 Å². The molecule has 1 rings (SSSR count). The smallest absolute Gasteiger partial charge is 0.506 e. The Morgan fingerprint density at radius 3 is 1.50 bits per heavy atom. The third-order valence-electron chi connectivity index (χ3n) is 6.49. The molecule has 1 heterocycles. The zero-order valence-corrected chi connectivity index (χ0v) is 24.2. The number of hydrogen-bond acceptors (Lipinski definition) is 6. The molecule has 1 aliphatic rings. The van der Waals surface area contributed by atoms with E-state index in [0.29, 0.717) is 19.8 Å². The topological polar surface area (TPSA) is 105 Å². The van der Waals surface area contributed by atoms with E-state index in [-0.39, 0.29) is 0 Å². The first-order valence-corrected chi connectivity index (χ1v) is 16.9. The van der Waals surface area contributed by atoms with Crippen molar-refractivity contribution in [1.82, 2.24) is 0 Å². The molecule has 34 heavy (non-hydrogen) atoms. The van der Waals surface area contributed by atoms with Gasteiger partial charge >= 0.3 is 8.80 Å². The van der Waals surface area contributed by atoms with Crippen LogP contribution < -0.4 is 0 Å². The number of quaternary nitrogens is 1. The van der Waals surface area contributed by atoms with Crippen LogP contribution in [0.5, 0.6) is 0 Å². The van der Waals surface area contributed by atoms with E-state index in [0.717, 1.165) is 6.04 Å². The van der Waals surface area contributed by atoms with Crippen molar-refractivity contribution in [2.24, 2.45) is 0 Å². The Labute approximate surface area is 211 Å². The van der Waals surface area contributed by atoms with Gasteiger partial charge in [0.25, 0.3) is 0 Å². The molecule has 0 unspecified atom stereocenters. The molecule has 0 bridgehead atoms. The minimum Gasteiger partial charge on any atom is -0.726 e. The Morgan fingerprint density at radius 1 is 0.735 bits per heavy atom. The third kappa shape index (κ3) is 18.2. The normalized spacial score (nSPS) is 15.8. The first-order chi connectivity index (χ1) is 16.2. The van der Waals surface area contributed by atoms with Crippen LogP contribution in [-0.4, -0.2) is 76.8 Å². The maximum absolute atomic E-state index is 8.63. The standard InChI is InChI=1S/C24H52NO3Si.H2O4S/c1-5-9-10-11-12-13-14-15-16-17-20-25(21-18-19-22-25)23-24-29(26-6-2,27-7-3)28-8-4;1-5(2,3)4/h5-24H2,1-4H3;(H2,1,2,3,4)/q+1;/p-1. The van der Waals surface area contributed by atoms with Crippen LogP contribution in [0.3, 0.4) is 0 Å². The summed E-state index contributed by atoms with van der Waals surface area (Å²) in [6.07, 6.45) is 16.9. The third-order valence-corrected chi connectivity index (χ3v) is 9.51. The van der Waals surface area contributed by atoms with Crippen LogP contribution in [0.4, 0.5) is 0 Å². The van der Waals surface area contributed by atoms with Gasteiger partial charge in [0, 0.05) is 32.7 Å². The first kappa shape index (κ1) is 33.9. The van der Waals surface area contributed by atoms with Gasteiger partial charge in [0.1, 0.15) is 0 Å². The second-order valence-corrected chi connectivity index (χ2v) is 12.9. The number of nitrogens with zero attached hydrogens (tertiary/aromatic N) is 1. The summed E-state index contributed by atoms with van der Waals surface area (Å²) < 4.78 is 52.4. The lowest BCUT2D eigenvalue weighted by atomic mass is 10.1. The Kier molecular flexibility index (Phi) is 20.0. The second-order valence-electron chi connectivity index (χ2n) is 9.28. The summed E-state index contributed by atoms with van der Waals surface area (Å²) in [5.41, 5.74) is 0. The first-order valence-electron chi connectivity index (χ1n) is 13.6. The lowest BCUT2D eigenvalue weighted by molar-refractivity contribution is -0.915. The van der Waals surface area contributed by atoms with Gasteiger partial charge in [0.05, 0.1) is 32.2 Å². The predicted molar refractivity (Wildman–Crippen MR) is 139 cm³/mol. The van der Waals surface area contributed by atoms with E-state index in [1.807, 2.05) is 0 Å². The summed E-state index contributed by atoms with van der Waals surface area (Å²) in [4.78, 5) is 0.